The van der Waals surface area contributed by atoms with Gasteiger partial charge in [-0.15, -0.1) is 0 Å². The Hall–Kier alpha value is -1.04. The van der Waals surface area contributed by atoms with Gasteiger partial charge in [0, 0.05) is 17.9 Å². The third-order valence-corrected chi connectivity index (χ3v) is 2.92. The Morgan fingerprint density at radius 3 is 2.67 bits per heavy atom. The van der Waals surface area contributed by atoms with Crippen LogP contribution >= 0.6 is 11.8 Å². The van der Waals surface area contributed by atoms with E-state index in [0.717, 1.165) is 5.75 Å². The van der Waals surface area contributed by atoms with Gasteiger partial charge in [-0.1, -0.05) is 12.1 Å². The van der Waals surface area contributed by atoms with Crippen LogP contribution in [0.25, 0.3) is 0 Å². The SMILES string of the molecule is CSCc1ccc(C(=O)NCCOCCO)cc1. The fourth-order valence-corrected chi connectivity index (χ4v) is 1.95. The molecule has 0 atom stereocenters. The molecule has 5 heteroatoms. The van der Waals surface area contributed by atoms with Gasteiger partial charge in [-0.05, 0) is 24.0 Å². The third kappa shape index (κ3) is 5.53. The fraction of sp³-hybridized carbons (Fsp3) is 0.462. The van der Waals surface area contributed by atoms with E-state index in [1.165, 1.54) is 5.56 Å². The molecule has 1 aromatic rings. The van der Waals surface area contributed by atoms with Crippen LogP contribution in [0.5, 0.6) is 0 Å². The molecule has 1 amide bonds. The number of rotatable bonds is 8. The summed E-state index contributed by atoms with van der Waals surface area (Å²) in [6.45, 7) is 1.17. The highest BCUT2D eigenvalue weighted by Crippen LogP contribution is 2.10. The third-order valence-electron chi connectivity index (χ3n) is 2.29. The number of amides is 1. The predicted molar refractivity (Wildman–Crippen MR) is 73.9 cm³/mol. The molecule has 1 aromatic carbocycles. The van der Waals surface area contributed by atoms with Gasteiger partial charge < -0.3 is 15.2 Å². The number of hydrogen-bond donors (Lipinski definition) is 2. The standard InChI is InChI=1S/C13H19NO3S/c1-18-10-11-2-4-12(5-3-11)13(16)14-6-8-17-9-7-15/h2-5,15H,6-10H2,1H3,(H,14,16). The molecule has 4 nitrogen and oxygen atoms in total. The molecule has 2 N–H and O–H groups in total. The summed E-state index contributed by atoms with van der Waals surface area (Å²) in [5.74, 6) is 0.856. The first-order valence-electron chi connectivity index (χ1n) is 5.82. The van der Waals surface area contributed by atoms with Gasteiger partial charge in [0.2, 0.25) is 0 Å². The molecule has 0 aliphatic heterocycles. The lowest BCUT2D eigenvalue weighted by molar-refractivity contribution is 0.0838. The van der Waals surface area contributed by atoms with Crippen molar-refractivity contribution in [1.29, 1.82) is 0 Å². The molecular weight excluding hydrogens is 250 g/mol. The van der Waals surface area contributed by atoms with E-state index in [4.69, 9.17) is 9.84 Å². The zero-order chi connectivity index (χ0) is 13.2. The first-order valence-corrected chi connectivity index (χ1v) is 7.22. The van der Waals surface area contributed by atoms with Gasteiger partial charge in [-0.25, -0.2) is 0 Å². The highest BCUT2D eigenvalue weighted by molar-refractivity contribution is 7.97. The lowest BCUT2D eigenvalue weighted by Crippen LogP contribution is -2.27. The topological polar surface area (TPSA) is 58.6 Å². The fourth-order valence-electron chi connectivity index (χ4n) is 1.42. The van der Waals surface area contributed by atoms with E-state index in [0.29, 0.717) is 25.3 Å². The minimum Gasteiger partial charge on any atom is -0.394 e. The molecule has 0 spiro atoms. The number of ether oxygens (including phenoxy) is 1. The molecule has 0 saturated heterocycles. The number of thioether (sulfide) groups is 1. The number of hydrogen-bond acceptors (Lipinski definition) is 4. The minimum absolute atomic E-state index is 0.00481. The molecule has 0 aliphatic carbocycles. The van der Waals surface area contributed by atoms with Crippen LogP contribution in [-0.2, 0) is 10.5 Å². The van der Waals surface area contributed by atoms with Crippen LogP contribution in [0.3, 0.4) is 0 Å². The van der Waals surface area contributed by atoms with Crippen LogP contribution in [0.1, 0.15) is 15.9 Å². The van der Waals surface area contributed by atoms with Gasteiger partial charge in [0.05, 0.1) is 19.8 Å². The molecule has 0 aromatic heterocycles. The zero-order valence-corrected chi connectivity index (χ0v) is 11.3. The molecule has 0 unspecified atom stereocenters. The molecular formula is C13H19NO3S. The largest absolute Gasteiger partial charge is 0.394 e. The summed E-state index contributed by atoms with van der Waals surface area (Å²) in [6, 6.07) is 7.59. The van der Waals surface area contributed by atoms with Crippen molar-refractivity contribution < 1.29 is 14.6 Å². The Morgan fingerprint density at radius 2 is 2.06 bits per heavy atom. The van der Waals surface area contributed by atoms with Crippen LogP contribution in [0, 0.1) is 0 Å². The number of carbonyl (C=O) groups is 1. The molecule has 18 heavy (non-hydrogen) atoms. The molecule has 0 bridgehead atoms. The molecule has 0 aliphatic rings. The van der Waals surface area contributed by atoms with Gasteiger partial charge in [0.1, 0.15) is 0 Å². The number of carbonyl (C=O) groups excluding carboxylic acids is 1. The Labute approximate surface area is 112 Å². The van der Waals surface area contributed by atoms with Crippen LogP contribution in [0.2, 0.25) is 0 Å². The van der Waals surface area contributed by atoms with E-state index in [9.17, 15) is 4.79 Å². The maximum atomic E-state index is 11.7. The Balaban J connectivity index is 2.32. The first kappa shape index (κ1) is 15.0. The highest BCUT2D eigenvalue weighted by atomic mass is 32.2. The van der Waals surface area contributed by atoms with Crippen molar-refractivity contribution in [2.24, 2.45) is 0 Å². The Morgan fingerprint density at radius 1 is 1.33 bits per heavy atom. The number of nitrogens with one attached hydrogen (secondary N) is 1. The van der Waals surface area contributed by atoms with Crippen molar-refractivity contribution in [3.8, 4) is 0 Å². The number of aliphatic hydroxyl groups is 1. The van der Waals surface area contributed by atoms with Crippen molar-refractivity contribution >= 4 is 17.7 Å². The van der Waals surface area contributed by atoms with Crippen LogP contribution < -0.4 is 5.32 Å². The molecule has 100 valence electrons. The number of benzene rings is 1. The zero-order valence-electron chi connectivity index (χ0n) is 10.5. The molecule has 1 rings (SSSR count). The van der Waals surface area contributed by atoms with Crippen molar-refractivity contribution in [2.45, 2.75) is 5.75 Å². The van der Waals surface area contributed by atoms with Gasteiger partial charge in [-0.3, -0.25) is 4.79 Å². The van der Waals surface area contributed by atoms with E-state index < -0.39 is 0 Å². The van der Waals surface area contributed by atoms with Crippen molar-refractivity contribution in [3.05, 3.63) is 35.4 Å². The normalized spacial score (nSPS) is 10.3. The van der Waals surface area contributed by atoms with E-state index in [-0.39, 0.29) is 12.5 Å². The van der Waals surface area contributed by atoms with Gasteiger partial charge in [-0.2, -0.15) is 11.8 Å². The first-order chi connectivity index (χ1) is 8.77. The summed E-state index contributed by atoms with van der Waals surface area (Å²) >= 11 is 1.75. The van der Waals surface area contributed by atoms with Crippen LogP contribution in [-0.4, -0.2) is 43.6 Å². The number of aliphatic hydroxyl groups excluding tert-OH is 1. The smallest absolute Gasteiger partial charge is 0.251 e. The van der Waals surface area contributed by atoms with E-state index in [2.05, 4.69) is 5.32 Å². The van der Waals surface area contributed by atoms with Crippen molar-refractivity contribution in [2.75, 3.05) is 32.6 Å². The molecule has 0 heterocycles. The van der Waals surface area contributed by atoms with Crippen LogP contribution in [0.4, 0.5) is 0 Å². The average Bonchev–Trinajstić information content (AvgIpc) is 2.39. The summed E-state index contributed by atoms with van der Waals surface area (Å²) in [6.07, 6.45) is 2.05. The van der Waals surface area contributed by atoms with E-state index >= 15 is 0 Å². The van der Waals surface area contributed by atoms with E-state index in [1.54, 1.807) is 11.8 Å². The molecule has 0 radical (unpaired) electrons. The molecule has 0 saturated carbocycles. The Bertz CT molecular complexity index is 354. The minimum atomic E-state index is -0.0988. The maximum absolute atomic E-state index is 11.7. The van der Waals surface area contributed by atoms with Crippen molar-refractivity contribution in [1.82, 2.24) is 5.32 Å². The van der Waals surface area contributed by atoms with Crippen molar-refractivity contribution in [3.63, 3.8) is 0 Å². The summed E-state index contributed by atoms with van der Waals surface area (Å²) < 4.78 is 5.05. The monoisotopic (exact) mass is 269 g/mol. The van der Waals surface area contributed by atoms with E-state index in [1.807, 2.05) is 30.5 Å². The maximum Gasteiger partial charge on any atom is 0.251 e. The second-order valence-electron chi connectivity index (χ2n) is 3.72. The second-order valence-corrected chi connectivity index (χ2v) is 4.59. The summed E-state index contributed by atoms with van der Waals surface area (Å²) in [7, 11) is 0. The van der Waals surface area contributed by atoms with Gasteiger partial charge in [0.15, 0.2) is 0 Å². The lowest BCUT2D eigenvalue weighted by Gasteiger charge is -2.06. The molecule has 0 fully saturated rings. The summed E-state index contributed by atoms with van der Waals surface area (Å²) in [5, 5.41) is 11.3. The average molecular weight is 269 g/mol. The Kier molecular flexibility index (Phi) is 7.48. The highest BCUT2D eigenvalue weighted by Gasteiger charge is 2.04. The predicted octanol–water partition coefficient (Wildman–Crippen LogP) is 1.29. The van der Waals surface area contributed by atoms with Gasteiger partial charge >= 0.3 is 0 Å². The summed E-state index contributed by atoms with van der Waals surface area (Å²) in [5.41, 5.74) is 1.87. The van der Waals surface area contributed by atoms with Gasteiger partial charge in [0.25, 0.3) is 5.91 Å². The quantitative estimate of drug-likeness (QED) is 0.698. The second kappa shape index (κ2) is 8.97. The summed E-state index contributed by atoms with van der Waals surface area (Å²) in [4.78, 5) is 11.7. The lowest BCUT2D eigenvalue weighted by atomic mass is 10.1. The van der Waals surface area contributed by atoms with Crippen LogP contribution in [0.15, 0.2) is 24.3 Å².